The highest BCUT2D eigenvalue weighted by Crippen LogP contribution is 2.38. The molecule has 0 radical (unpaired) electrons. The topological polar surface area (TPSA) is 104 Å². The molecule has 0 aliphatic rings. The number of hydrogen-bond acceptors (Lipinski definition) is 7. The molecule has 2 rings (SSSR count). The van der Waals surface area contributed by atoms with E-state index >= 15 is 0 Å². The normalized spacial score (nSPS) is 11.4. The monoisotopic (exact) mass is 446 g/mol. The first-order chi connectivity index (χ1) is 15.3. The predicted molar refractivity (Wildman–Crippen MR) is 120 cm³/mol. The summed E-state index contributed by atoms with van der Waals surface area (Å²) in [4.78, 5) is 26.0. The Morgan fingerprint density at radius 1 is 0.750 bits per heavy atom. The molecule has 0 unspecified atom stereocenters. The standard InChI is InChI=1S/C23H30N2O7/c1-13(2)20(23(27)24-15-10-16(28-3)12-17(11-15)29-4)25-22(26)14-8-18(30-5)21(32-7)19(9-14)31-6/h8-13,20H,1-7H3,(H,24,27)(H,25,26)/t20-/m0/s1. The fourth-order valence-corrected chi connectivity index (χ4v) is 3.07. The molecule has 2 aromatic rings. The maximum Gasteiger partial charge on any atom is 0.252 e. The van der Waals surface area contributed by atoms with Gasteiger partial charge >= 0.3 is 0 Å². The van der Waals surface area contributed by atoms with E-state index in [0.717, 1.165) is 0 Å². The van der Waals surface area contributed by atoms with Crippen LogP contribution < -0.4 is 34.3 Å². The molecule has 2 aromatic carbocycles. The lowest BCUT2D eigenvalue weighted by molar-refractivity contribution is -0.118. The average Bonchev–Trinajstić information content (AvgIpc) is 2.80. The second kappa shape index (κ2) is 11.1. The second-order valence-electron chi connectivity index (χ2n) is 7.20. The van der Waals surface area contributed by atoms with E-state index in [4.69, 9.17) is 23.7 Å². The third kappa shape index (κ3) is 5.75. The summed E-state index contributed by atoms with van der Waals surface area (Å²) in [5.41, 5.74) is 0.750. The Morgan fingerprint density at radius 3 is 1.69 bits per heavy atom. The van der Waals surface area contributed by atoms with Gasteiger partial charge in [0.2, 0.25) is 11.7 Å². The lowest BCUT2D eigenvalue weighted by Gasteiger charge is -2.22. The molecule has 2 amide bonds. The molecule has 174 valence electrons. The predicted octanol–water partition coefficient (Wildman–Crippen LogP) is 3.12. The fraction of sp³-hybridized carbons (Fsp3) is 0.391. The van der Waals surface area contributed by atoms with Gasteiger partial charge in [-0.15, -0.1) is 0 Å². The number of nitrogens with one attached hydrogen (secondary N) is 2. The average molecular weight is 447 g/mol. The zero-order valence-electron chi connectivity index (χ0n) is 19.4. The van der Waals surface area contributed by atoms with Gasteiger partial charge < -0.3 is 34.3 Å². The van der Waals surface area contributed by atoms with Crippen molar-refractivity contribution >= 4 is 17.5 Å². The third-order valence-corrected chi connectivity index (χ3v) is 4.78. The molecule has 0 heterocycles. The van der Waals surface area contributed by atoms with Crippen molar-refractivity contribution in [1.29, 1.82) is 0 Å². The summed E-state index contributed by atoms with van der Waals surface area (Å²) in [5, 5.41) is 5.59. The molecular weight excluding hydrogens is 416 g/mol. The van der Waals surface area contributed by atoms with Gasteiger partial charge in [-0.1, -0.05) is 13.8 Å². The van der Waals surface area contributed by atoms with E-state index in [9.17, 15) is 9.59 Å². The van der Waals surface area contributed by atoms with Crippen LogP contribution in [0.25, 0.3) is 0 Å². The lowest BCUT2D eigenvalue weighted by atomic mass is 10.0. The minimum Gasteiger partial charge on any atom is -0.497 e. The van der Waals surface area contributed by atoms with Gasteiger partial charge in [-0.2, -0.15) is 0 Å². The van der Waals surface area contributed by atoms with Crippen LogP contribution in [0.1, 0.15) is 24.2 Å². The summed E-state index contributed by atoms with van der Waals surface area (Å²) in [6.45, 7) is 3.68. The van der Waals surface area contributed by atoms with Gasteiger partial charge in [0.15, 0.2) is 11.5 Å². The number of benzene rings is 2. The van der Waals surface area contributed by atoms with Crippen molar-refractivity contribution in [3.05, 3.63) is 35.9 Å². The number of amides is 2. The van der Waals surface area contributed by atoms with Crippen molar-refractivity contribution in [3.63, 3.8) is 0 Å². The number of carbonyl (C=O) groups is 2. The highest BCUT2D eigenvalue weighted by molar-refractivity contribution is 6.02. The molecule has 0 spiro atoms. The molecule has 0 aromatic heterocycles. The SMILES string of the molecule is COc1cc(NC(=O)[C@@H](NC(=O)c2cc(OC)c(OC)c(OC)c2)C(C)C)cc(OC)c1. The molecule has 32 heavy (non-hydrogen) atoms. The maximum atomic E-state index is 13.0. The summed E-state index contributed by atoms with van der Waals surface area (Å²) in [7, 11) is 7.45. The van der Waals surface area contributed by atoms with Crippen LogP contribution in [0.2, 0.25) is 0 Å². The Bertz CT molecular complexity index is 912. The van der Waals surface area contributed by atoms with Gasteiger partial charge in [0.1, 0.15) is 17.5 Å². The number of rotatable bonds is 10. The molecular formula is C23H30N2O7. The van der Waals surface area contributed by atoms with Gasteiger partial charge in [-0.3, -0.25) is 9.59 Å². The van der Waals surface area contributed by atoms with Crippen LogP contribution in [-0.2, 0) is 4.79 Å². The molecule has 0 aliphatic carbocycles. The van der Waals surface area contributed by atoms with E-state index in [1.807, 2.05) is 13.8 Å². The number of hydrogen-bond donors (Lipinski definition) is 2. The Morgan fingerprint density at radius 2 is 1.28 bits per heavy atom. The van der Waals surface area contributed by atoms with Crippen LogP contribution in [-0.4, -0.2) is 53.4 Å². The molecule has 0 fully saturated rings. The summed E-state index contributed by atoms with van der Waals surface area (Å²) < 4.78 is 26.4. The third-order valence-electron chi connectivity index (χ3n) is 4.78. The number of carbonyl (C=O) groups excluding carboxylic acids is 2. The van der Waals surface area contributed by atoms with E-state index in [-0.39, 0.29) is 17.4 Å². The lowest BCUT2D eigenvalue weighted by Crippen LogP contribution is -2.47. The van der Waals surface area contributed by atoms with Crippen LogP contribution >= 0.6 is 0 Å². The smallest absolute Gasteiger partial charge is 0.252 e. The quantitative estimate of drug-likeness (QED) is 0.578. The van der Waals surface area contributed by atoms with E-state index in [1.54, 1.807) is 18.2 Å². The zero-order valence-corrected chi connectivity index (χ0v) is 19.4. The Hall–Kier alpha value is -3.62. The van der Waals surface area contributed by atoms with Crippen molar-refractivity contribution in [2.45, 2.75) is 19.9 Å². The van der Waals surface area contributed by atoms with E-state index < -0.39 is 11.9 Å². The molecule has 1 atom stereocenters. The van der Waals surface area contributed by atoms with Crippen molar-refractivity contribution in [3.8, 4) is 28.7 Å². The Kier molecular flexibility index (Phi) is 8.57. The highest BCUT2D eigenvalue weighted by Gasteiger charge is 2.26. The highest BCUT2D eigenvalue weighted by atomic mass is 16.5. The summed E-state index contributed by atoms with van der Waals surface area (Å²) >= 11 is 0. The number of anilines is 1. The van der Waals surface area contributed by atoms with Gasteiger partial charge in [0, 0.05) is 29.4 Å². The van der Waals surface area contributed by atoms with Crippen LogP contribution in [0.15, 0.2) is 30.3 Å². The van der Waals surface area contributed by atoms with Gasteiger partial charge in [-0.25, -0.2) is 0 Å². The second-order valence-corrected chi connectivity index (χ2v) is 7.20. The summed E-state index contributed by atoms with van der Waals surface area (Å²) in [6, 6.07) is 7.27. The van der Waals surface area contributed by atoms with Crippen molar-refractivity contribution < 1.29 is 33.3 Å². The van der Waals surface area contributed by atoms with Gasteiger partial charge in [-0.05, 0) is 18.1 Å². The van der Waals surface area contributed by atoms with Gasteiger partial charge in [0.25, 0.3) is 5.91 Å². The molecule has 0 saturated carbocycles. The molecule has 2 N–H and O–H groups in total. The van der Waals surface area contributed by atoms with E-state index in [2.05, 4.69) is 10.6 Å². The van der Waals surface area contributed by atoms with Crippen LogP contribution in [0.4, 0.5) is 5.69 Å². The number of methoxy groups -OCH3 is 5. The molecule has 0 aliphatic heterocycles. The first kappa shape index (κ1) is 24.6. The van der Waals surface area contributed by atoms with Crippen molar-refractivity contribution in [2.75, 3.05) is 40.9 Å². The van der Waals surface area contributed by atoms with Crippen LogP contribution in [0, 0.1) is 5.92 Å². The summed E-state index contributed by atoms with van der Waals surface area (Å²) in [6.07, 6.45) is 0. The first-order valence-electron chi connectivity index (χ1n) is 9.92. The Labute approximate surface area is 187 Å². The molecule has 9 heteroatoms. The molecule has 0 saturated heterocycles. The minimum atomic E-state index is -0.807. The van der Waals surface area contributed by atoms with Crippen LogP contribution in [0.3, 0.4) is 0 Å². The first-order valence-corrected chi connectivity index (χ1v) is 9.92. The van der Waals surface area contributed by atoms with Gasteiger partial charge in [0.05, 0.1) is 35.5 Å². The maximum absolute atomic E-state index is 13.0. The zero-order chi connectivity index (χ0) is 23.8. The molecule has 9 nitrogen and oxygen atoms in total. The summed E-state index contributed by atoms with van der Waals surface area (Å²) in [5.74, 6) is 1.09. The number of ether oxygens (including phenoxy) is 5. The Balaban J connectivity index is 2.27. The molecule has 0 bridgehead atoms. The minimum absolute atomic E-state index is 0.187. The fourth-order valence-electron chi connectivity index (χ4n) is 3.07. The van der Waals surface area contributed by atoms with Crippen LogP contribution in [0.5, 0.6) is 28.7 Å². The largest absolute Gasteiger partial charge is 0.497 e. The van der Waals surface area contributed by atoms with Crippen molar-refractivity contribution in [1.82, 2.24) is 5.32 Å². The van der Waals surface area contributed by atoms with Crippen molar-refractivity contribution in [2.24, 2.45) is 5.92 Å². The van der Waals surface area contributed by atoms with E-state index in [0.29, 0.717) is 34.4 Å². The van der Waals surface area contributed by atoms with E-state index in [1.165, 1.54) is 47.7 Å².